The Balaban J connectivity index is 1.18. The van der Waals surface area contributed by atoms with E-state index in [4.69, 9.17) is 0 Å². The topological polar surface area (TPSA) is 131 Å². The molecular formula is C27H28F5N7O4. The van der Waals surface area contributed by atoms with Crippen LogP contribution in [0, 0.1) is 5.82 Å². The van der Waals surface area contributed by atoms with Gasteiger partial charge in [0, 0.05) is 49.6 Å². The molecule has 4 rings (SSSR count). The van der Waals surface area contributed by atoms with Crippen LogP contribution in [0.25, 0.3) is 0 Å². The lowest BCUT2D eigenvalue weighted by atomic mass is 10.0. The Bertz CT molecular complexity index is 1420. The normalized spacial score (nSPS) is 16.1. The molecule has 3 heterocycles. The van der Waals surface area contributed by atoms with Crippen molar-refractivity contribution >= 4 is 17.7 Å². The number of nitrogens with zero attached hydrogens (tertiary/aromatic N) is 5. The number of hydrogen-bond acceptors (Lipinski definition) is 7. The maximum Gasteiger partial charge on any atom is 0.573 e. The average Bonchev–Trinajstić information content (AvgIpc) is 3.41. The van der Waals surface area contributed by atoms with Crippen molar-refractivity contribution in [3.05, 3.63) is 71.6 Å². The van der Waals surface area contributed by atoms with E-state index in [0.717, 1.165) is 22.9 Å². The number of benzene rings is 1. The lowest BCUT2D eigenvalue weighted by Gasteiger charge is -2.32. The summed E-state index contributed by atoms with van der Waals surface area (Å²) < 4.78 is 70.7. The van der Waals surface area contributed by atoms with Gasteiger partial charge in [0.05, 0.1) is 19.2 Å². The van der Waals surface area contributed by atoms with Gasteiger partial charge < -0.3 is 20.3 Å². The molecule has 2 atom stereocenters. The minimum atomic E-state index is -4.96. The molecule has 1 aliphatic heterocycles. The van der Waals surface area contributed by atoms with Crippen LogP contribution in [0.4, 0.5) is 22.0 Å². The predicted molar refractivity (Wildman–Crippen MR) is 139 cm³/mol. The van der Waals surface area contributed by atoms with Gasteiger partial charge in [0.2, 0.25) is 11.8 Å². The molecule has 3 amide bonds. The minimum Gasteiger partial charge on any atom is -0.406 e. The van der Waals surface area contributed by atoms with Crippen LogP contribution in [0.1, 0.15) is 41.0 Å². The van der Waals surface area contributed by atoms with Crippen molar-refractivity contribution in [1.82, 2.24) is 35.5 Å². The van der Waals surface area contributed by atoms with Crippen LogP contribution < -0.4 is 15.4 Å². The van der Waals surface area contributed by atoms with Gasteiger partial charge in [0.15, 0.2) is 5.69 Å². The van der Waals surface area contributed by atoms with E-state index < -0.39 is 36.6 Å². The Morgan fingerprint density at radius 3 is 2.72 bits per heavy atom. The summed E-state index contributed by atoms with van der Waals surface area (Å²) in [5, 5.41) is 12.5. The zero-order valence-electron chi connectivity index (χ0n) is 22.7. The van der Waals surface area contributed by atoms with Gasteiger partial charge in [0.25, 0.3) is 5.91 Å². The fraction of sp³-hybridized carbons (Fsp3) is 0.407. The fourth-order valence-corrected chi connectivity index (χ4v) is 4.42. The van der Waals surface area contributed by atoms with E-state index in [-0.39, 0.29) is 61.5 Å². The molecule has 1 fully saturated rings. The molecule has 230 valence electrons. The number of alkyl halides is 4. The second-order valence-corrected chi connectivity index (χ2v) is 9.83. The van der Waals surface area contributed by atoms with E-state index in [1.165, 1.54) is 11.1 Å². The van der Waals surface area contributed by atoms with Gasteiger partial charge in [-0.3, -0.25) is 19.4 Å². The summed E-state index contributed by atoms with van der Waals surface area (Å²) in [6, 6.07) is 7.35. The van der Waals surface area contributed by atoms with Crippen molar-refractivity contribution in [3.63, 3.8) is 0 Å². The van der Waals surface area contributed by atoms with E-state index in [1.54, 1.807) is 24.4 Å². The summed E-state index contributed by atoms with van der Waals surface area (Å²) >= 11 is 0. The highest BCUT2D eigenvalue weighted by Gasteiger charge is 2.31. The van der Waals surface area contributed by atoms with E-state index >= 15 is 0 Å². The summed E-state index contributed by atoms with van der Waals surface area (Å²) in [5.41, 5.74) is 0.159. The molecule has 0 saturated carbocycles. The second kappa shape index (κ2) is 14.0. The number of nitrogens with one attached hydrogen (secondary N) is 2. The molecule has 2 N–H and O–H groups in total. The third-order valence-electron chi connectivity index (χ3n) is 6.51. The number of likely N-dealkylation sites (tertiary alicyclic amines) is 1. The monoisotopic (exact) mass is 609 g/mol. The number of piperidine rings is 1. The van der Waals surface area contributed by atoms with Crippen molar-refractivity contribution < 1.29 is 41.1 Å². The van der Waals surface area contributed by atoms with Crippen LogP contribution in [0.5, 0.6) is 5.75 Å². The largest absolute Gasteiger partial charge is 0.573 e. The van der Waals surface area contributed by atoms with Crippen molar-refractivity contribution in [3.8, 4) is 5.75 Å². The minimum absolute atomic E-state index is 0.000549. The van der Waals surface area contributed by atoms with Crippen molar-refractivity contribution in [2.45, 2.75) is 57.3 Å². The quantitative estimate of drug-likeness (QED) is 0.302. The molecule has 3 aromatic rings. The van der Waals surface area contributed by atoms with Crippen LogP contribution in [-0.4, -0.2) is 74.3 Å². The molecule has 1 aliphatic rings. The van der Waals surface area contributed by atoms with Gasteiger partial charge in [-0.15, -0.1) is 18.3 Å². The van der Waals surface area contributed by atoms with Gasteiger partial charge in [-0.2, -0.15) is 0 Å². The molecule has 1 saturated heterocycles. The molecule has 1 aromatic carbocycles. The third kappa shape index (κ3) is 9.72. The first-order valence-corrected chi connectivity index (χ1v) is 13.3. The SMILES string of the molecule is O=C(Cc1ccccn1)NC1CCN(CCC(F)Cn2cc(C(=O)NCc3cc(OC(F)(F)F)ccc3F)nn2)C(=O)C1. The first-order valence-electron chi connectivity index (χ1n) is 13.3. The van der Waals surface area contributed by atoms with Gasteiger partial charge in [-0.05, 0) is 43.2 Å². The summed E-state index contributed by atoms with van der Waals surface area (Å²) in [6.45, 7) is -0.199. The van der Waals surface area contributed by atoms with Gasteiger partial charge in [-0.1, -0.05) is 11.3 Å². The lowest BCUT2D eigenvalue weighted by molar-refractivity contribution is -0.274. The smallest absolute Gasteiger partial charge is 0.406 e. The maximum absolute atomic E-state index is 14.7. The Hall–Kier alpha value is -4.63. The molecule has 0 spiro atoms. The van der Waals surface area contributed by atoms with Crippen molar-refractivity contribution in [2.75, 3.05) is 13.1 Å². The summed E-state index contributed by atoms with van der Waals surface area (Å²) in [6.07, 6.45) is -2.87. The standard InChI is InChI=1S/C27H28F5N7O4/c28-18(6-9-38-10-7-20(13-25(38)41)35-24(40)12-19-3-1-2-8-33-19)15-39-16-23(36-37-39)26(42)34-14-17-11-21(4-5-22(17)29)43-27(30,31)32/h1-5,8,11,16,18,20H,6-7,9-10,12-15H2,(H,34,42)(H,35,40). The summed E-state index contributed by atoms with van der Waals surface area (Å²) in [4.78, 5) is 42.8. The van der Waals surface area contributed by atoms with Crippen LogP contribution in [-0.2, 0) is 29.1 Å². The maximum atomic E-state index is 14.7. The highest BCUT2D eigenvalue weighted by atomic mass is 19.4. The highest BCUT2D eigenvalue weighted by molar-refractivity contribution is 5.91. The van der Waals surface area contributed by atoms with Crippen LogP contribution in [0.15, 0.2) is 48.8 Å². The lowest BCUT2D eigenvalue weighted by Crippen LogP contribution is -2.48. The molecule has 2 unspecified atom stereocenters. The predicted octanol–water partition coefficient (Wildman–Crippen LogP) is 2.72. The van der Waals surface area contributed by atoms with E-state index in [2.05, 4.69) is 30.7 Å². The van der Waals surface area contributed by atoms with Gasteiger partial charge in [-0.25, -0.2) is 13.5 Å². The van der Waals surface area contributed by atoms with Gasteiger partial charge in [0.1, 0.15) is 17.7 Å². The Morgan fingerprint density at radius 1 is 1.19 bits per heavy atom. The number of pyridine rings is 1. The Morgan fingerprint density at radius 2 is 2.00 bits per heavy atom. The number of hydrogen-bond donors (Lipinski definition) is 2. The Labute approximate surface area is 242 Å². The average molecular weight is 610 g/mol. The molecule has 16 heteroatoms. The zero-order valence-corrected chi connectivity index (χ0v) is 22.7. The van der Waals surface area contributed by atoms with Crippen LogP contribution in [0.2, 0.25) is 0 Å². The second-order valence-electron chi connectivity index (χ2n) is 9.83. The molecule has 11 nitrogen and oxygen atoms in total. The molecule has 43 heavy (non-hydrogen) atoms. The highest BCUT2D eigenvalue weighted by Crippen LogP contribution is 2.24. The van der Waals surface area contributed by atoms with Crippen LogP contribution in [0.3, 0.4) is 0 Å². The third-order valence-corrected chi connectivity index (χ3v) is 6.51. The fourth-order valence-electron chi connectivity index (χ4n) is 4.42. The van der Waals surface area contributed by atoms with Crippen molar-refractivity contribution in [1.29, 1.82) is 0 Å². The van der Waals surface area contributed by atoms with Gasteiger partial charge >= 0.3 is 6.36 Å². The first kappa shape index (κ1) is 31.3. The summed E-state index contributed by atoms with van der Waals surface area (Å²) in [7, 11) is 0. The first-order chi connectivity index (χ1) is 20.4. The summed E-state index contributed by atoms with van der Waals surface area (Å²) in [5.74, 6) is -2.73. The van der Waals surface area contributed by atoms with Crippen LogP contribution >= 0.6 is 0 Å². The van der Waals surface area contributed by atoms with E-state index in [9.17, 15) is 36.3 Å². The molecule has 0 bridgehead atoms. The number of aromatic nitrogens is 4. The molecule has 0 radical (unpaired) electrons. The number of carbonyl (C=O) groups excluding carboxylic acids is 3. The number of amides is 3. The number of halogens is 5. The number of ether oxygens (including phenoxy) is 1. The van der Waals surface area contributed by atoms with E-state index in [1.807, 2.05) is 0 Å². The Kier molecular flexibility index (Phi) is 10.2. The van der Waals surface area contributed by atoms with E-state index in [0.29, 0.717) is 18.7 Å². The number of rotatable bonds is 12. The van der Waals surface area contributed by atoms with Crippen molar-refractivity contribution in [2.24, 2.45) is 0 Å². The zero-order chi connectivity index (χ0) is 31.0. The molecule has 0 aliphatic carbocycles. The molecule has 2 aromatic heterocycles. The number of carbonyl (C=O) groups is 3. The molecular weight excluding hydrogens is 581 g/mol.